The second kappa shape index (κ2) is 3.88. The van der Waals surface area contributed by atoms with Crippen molar-refractivity contribution in [2.24, 2.45) is 0 Å². The summed E-state index contributed by atoms with van der Waals surface area (Å²) in [6.07, 6.45) is 0.329. The first-order valence-electron chi connectivity index (χ1n) is 3.47. The molecule has 1 aromatic rings. The van der Waals surface area contributed by atoms with Crippen LogP contribution in [0.4, 0.5) is 0 Å². The smallest absolute Gasteiger partial charge is 0.332 e. The maximum absolute atomic E-state index is 10.8. The third-order valence-electron chi connectivity index (χ3n) is 1.26. The lowest BCUT2D eigenvalue weighted by molar-refractivity contribution is -0.135. The maximum Gasteiger partial charge on any atom is 0.332 e. The molecule has 0 unspecified atom stereocenters. The molecule has 1 rings (SSSR count). The van der Waals surface area contributed by atoms with Crippen LogP contribution in [0.5, 0.6) is 5.95 Å². The van der Waals surface area contributed by atoms with E-state index in [4.69, 9.17) is 9.26 Å². The molecule has 0 N–H and O–H groups in total. The van der Waals surface area contributed by atoms with Gasteiger partial charge in [-0.3, -0.25) is 4.79 Å². The van der Waals surface area contributed by atoms with Crippen LogP contribution in [-0.2, 0) is 4.79 Å². The SMILES string of the molecule is CCC(=O)Oc1onc(C)c1I. The second-order valence-corrected chi connectivity index (χ2v) is 3.28. The molecule has 4 nitrogen and oxygen atoms in total. The summed E-state index contributed by atoms with van der Waals surface area (Å²) >= 11 is 2.02. The number of hydrogen-bond donors (Lipinski definition) is 0. The van der Waals surface area contributed by atoms with Crippen molar-refractivity contribution >= 4 is 28.6 Å². The van der Waals surface area contributed by atoms with Crippen LogP contribution in [0.1, 0.15) is 19.0 Å². The fraction of sp³-hybridized carbons (Fsp3) is 0.429. The lowest BCUT2D eigenvalue weighted by atomic mass is 10.5. The third kappa shape index (κ3) is 1.96. The molecule has 0 aromatic carbocycles. The molecular weight excluding hydrogens is 273 g/mol. The highest BCUT2D eigenvalue weighted by atomic mass is 127. The minimum absolute atomic E-state index is 0.194. The van der Waals surface area contributed by atoms with Crippen molar-refractivity contribution in [3.8, 4) is 5.95 Å². The Morgan fingerprint density at radius 3 is 2.83 bits per heavy atom. The quantitative estimate of drug-likeness (QED) is 0.613. The molecule has 0 atom stereocenters. The Morgan fingerprint density at radius 2 is 2.42 bits per heavy atom. The minimum atomic E-state index is -0.316. The molecule has 66 valence electrons. The predicted molar refractivity (Wildman–Crippen MR) is 49.9 cm³/mol. The van der Waals surface area contributed by atoms with E-state index in [1.807, 2.05) is 22.6 Å². The molecular formula is C7H8INO3. The van der Waals surface area contributed by atoms with E-state index in [1.165, 1.54) is 0 Å². The van der Waals surface area contributed by atoms with Gasteiger partial charge in [0.15, 0.2) is 0 Å². The second-order valence-electron chi connectivity index (χ2n) is 2.20. The van der Waals surface area contributed by atoms with Gasteiger partial charge in [-0.05, 0) is 29.5 Å². The highest BCUT2D eigenvalue weighted by Gasteiger charge is 2.13. The number of halogens is 1. The summed E-state index contributed by atoms with van der Waals surface area (Å²) in [6, 6.07) is 0. The number of aryl methyl sites for hydroxylation is 1. The Bertz CT molecular complexity index is 295. The van der Waals surface area contributed by atoms with Crippen LogP contribution < -0.4 is 4.74 Å². The van der Waals surface area contributed by atoms with Gasteiger partial charge < -0.3 is 9.26 Å². The van der Waals surface area contributed by atoms with E-state index in [-0.39, 0.29) is 11.9 Å². The number of carbonyl (C=O) groups excluding carboxylic acids is 1. The lowest BCUT2D eigenvalue weighted by Gasteiger charge is -1.95. The first-order valence-corrected chi connectivity index (χ1v) is 4.55. The van der Waals surface area contributed by atoms with E-state index >= 15 is 0 Å². The van der Waals surface area contributed by atoms with Crippen LogP contribution in [0, 0.1) is 10.5 Å². The molecule has 5 heteroatoms. The monoisotopic (exact) mass is 281 g/mol. The summed E-state index contributed by atoms with van der Waals surface area (Å²) in [5, 5.41) is 3.64. The first-order chi connectivity index (χ1) is 5.65. The maximum atomic E-state index is 10.8. The van der Waals surface area contributed by atoms with E-state index in [2.05, 4.69) is 5.16 Å². The van der Waals surface area contributed by atoms with Gasteiger partial charge in [-0.15, -0.1) is 0 Å². The number of nitrogens with zero attached hydrogens (tertiary/aromatic N) is 1. The fourth-order valence-corrected chi connectivity index (χ4v) is 0.884. The van der Waals surface area contributed by atoms with Crippen molar-refractivity contribution in [2.75, 3.05) is 0 Å². The van der Waals surface area contributed by atoms with Crippen molar-refractivity contribution in [3.63, 3.8) is 0 Å². The van der Waals surface area contributed by atoms with E-state index in [9.17, 15) is 4.79 Å². The molecule has 1 heterocycles. The van der Waals surface area contributed by atoms with E-state index < -0.39 is 0 Å². The van der Waals surface area contributed by atoms with Gasteiger partial charge in [0.1, 0.15) is 3.57 Å². The van der Waals surface area contributed by atoms with Gasteiger partial charge in [0.25, 0.3) is 0 Å². The van der Waals surface area contributed by atoms with Gasteiger partial charge in [-0.1, -0.05) is 12.1 Å². The van der Waals surface area contributed by atoms with Crippen molar-refractivity contribution in [1.82, 2.24) is 5.16 Å². The van der Waals surface area contributed by atoms with Gasteiger partial charge in [0.2, 0.25) is 0 Å². The molecule has 0 aliphatic carbocycles. The summed E-state index contributed by atoms with van der Waals surface area (Å²) in [4.78, 5) is 10.8. The van der Waals surface area contributed by atoms with Crippen LogP contribution in [-0.4, -0.2) is 11.1 Å². The first kappa shape index (κ1) is 9.50. The average Bonchev–Trinajstić information content (AvgIpc) is 2.36. The number of carbonyl (C=O) groups is 1. The molecule has 0 saturated heterocycles. The molecule has 0 saturated carbocycles. The molecule has 0 radical (unpaired) electrons. The highest BCUT2D eigenvalue weighted by molar-refractivity contribution is 14.1. The van der Waals surface area contributed by atoms with E-state index in [1.54, 1.807) is 13.8 Å². The highest BCUT2D eigenvalue weighted by Crippen LogP contribution is 2.23. The molecule has 0 bridgehead atoms. The van der Waals surface area contributed by atoms with Crippen LogP contribution >= 0.6 is 22.6 Å². The topological polar surface area (TPSA) is 52.3 Å². The fourth-order valence-electron chi connectivity index (χ4n) is 0.577. The Balaban J connectivity index is 2.76. The standard InChI is InChI=1S/C7H8INO3/c1-3-5(10)11-7-6(8)4(2)9-12-7/h3H2,1-2H3. The average molecular weight is 281 g/mol. The number of rotatable bonds is 2. The molecule has 0 spiro atoms. The summed E-state index contributed by atoms with van der Waals surface area (Å²) in [5.41, 5.74) is 0.731. The normalized spacial score (nSPS) is 9.92. The molecule has 1 aromatic heterocycles. The number of aromatic nitrogens is 1. The van der Waals surface area contributed by atoms with Gasteiger partial charge in [-0.25, -0.2) is 0 Å². The van der Waals surface area contributed by atoms with E-state index in [0.29, 0.717) is 6.42 Å². The van der Waals surface area contributed by atoms with Crippen molar-refractivity contribution < 1.29 is 14.1 Å². The molecule has 12 heavy (non-hydrogen) atoms. The van der Waals surface area contributed by atoms with Gasteiger partial charge in [0, 0.05) is 6.42 Å². The van der Waals surface area contributed by atoms with Crippen LogP contribution in [0.3, 0.4) is 0 Å². The molecule has 0 amide bonds. The lowest BCUT2D eigenvalue weighted by Crippen LogP contribution is -2.05. The minimum Gasteiger partial charge on any atom is -0.390 e. The zero-order valence-electron chi connectivity index (χ0n) is 6.76. The number of ether oxygens (including phenoxy) is 1. The van der Waals surface area contributed by atoms with Crippen molar-refractivity contribution in [1.29, 1.82) is 0 Å². The number of esters is 1. The van der Waals surface area contributed by atoms with Gasteiger partial charge in [-0.2, -0.15) is 0 Å². The predicted octanol–water partition coefficient (Wildman–Crippen LogP) is 1.90. The zero-order valence-corrected chi connectivity index (χ0v) is 8.91. The Labute approximate surface area is 83.4 Å². The number of hydrogen-bond acceptors (Lipinski definition) is 4. The Hall–Kier alpha value is -0.590. The molecule has 0 aliphatic heterocycles. The van der Waals surface area contributed by atoms with Crippen LogP contribution in [0.25, 0.3) is 0 Å². The summed E-state index contributed by atoms with van der Waals surface area (Å²) in [6.45, 7) is 3.51. The molecule has 0 fully saturated rings. The third-order valence-corrected chi connectivity index (χ3v) is 2.48. The molecule has 0 aliphatic rings. The zero-order chi connectivity index (χ0) is 9.14. The summed E-state index contributed by atoms with van der Waals surface area (Å²) < 4.78 is 10.4. The summed E-state index contributed by atoms with van der Waals surface area (Å²) in [7, 11) is 0. The van der Waals surface area contributed by atoms with Crippen LogP contribution in [0.2, 0.25) is 0 Å². The van der Waals surface area contributed by atoms with Crippen LogP contribution in [0.15, 0.2) is 4.52 Å². The van der Waals surface area contributed by atoms with Gasteiger partial charge >= 0.3 is 11.9 Å². The largest absolute Gasteiger partial charge is 0.390 e. The Morgan fingerprint density at radius 1 is 1.75 bits per heavy atom. The van der Waals surface area contributed by atoms with Crippen molar-refractivity contribution in [2.45, 2.75) is 20.3 Å². The van der Waals surface area contributed by atoms with Gasteiger partial charge in [0.05, 0.1) is 5.69 Å². The summed E-state index contributed by atoms with van der Waals surface area (Å²) in [5.74, 6) is -0.121. The Kier molecular flexibility index (Phi) is 3.07. The van der Waals surface area contributed by atoms with E-state index in [0.717, 1.165) is 9.26 Å². The van der Waals surface area contributed by atoms with Crippen molar-refractivity contribution in [3.05, 3.63) is 9.26 Å².